The van der Waals surface area contributed by atoms with Gasteiger partial charge in [-0.3, -0.25) is 0 Å². The summed E-state index contributed by atoms with van der Waals surface area (Å²) in [5.41, 5.74) is 2.59. The van der Waals surface area contributed by atoms with E-state index in [0.29, 0.717) is 24.2 Å². The molecule has 1 aromatic carbocycles. The maximum atomic E-state index is 3.31. The van der Waals surface area contributed by atoms with Crippen molar-refractivity contribution in [1.29, 1.82) is 0 Å². The van der Waals surface area contributed by atoms with E-state index in [0.717, 1.165) is 0 Å². The highest BCUT2D eigenvalue weighted by Crippen LogP contribution is 2.03. The first-order valence-corrected chi connectivity index (χ1v) is 8.58. The number of nitrogens with one attached hydrogen (secondary N) is 1. The summed E-state index contributed by atoms with van der Waals surface area (Å²) < 4.78 is 0. The molecule has 0 aliphatic heterocycles. The van der Waals surface area contributed by atoms with Crippen LogP contribution < -0.4 is 10.8 Å². The summed E-state index contributed by atoms with van der Waals surface area (Å²) in [7, 11) is 2.24. The zero-order valence-electron chi connectivity index (χ0n) is 16.7. The molecule has 0 aliphatic carbocycles. The highest BCUT2D eigenvalue weighted by Gasteiger charge is 2.14. The van der Waals surface area contributed by atoms with Crippen LogP contribution in [0.25, 0.3) is 0 Å². The normalized spacial score (nSPS) is 10.9. The minimum absolute atomic E-state index is 0. The van der Waals surface area contributed by atoms with Gasteiger partial charge in [0.1, 0.15) is 0 Å². The van der Waals surface area contributed by atoms with Crippen LogP contribution in [0.3, 0.4) is 0 Å². The number of nitrogens with zero attached hydrogens (tertiary/aromatic N) is 1. The number of hydrogen-bond donors (Lipinski definition) is 1. The van der Waals surface area contributed by atoms with Crippen molar-refractivity contribution < 1.29 is 0 Å². The topological polar surface area (TPSA) is 15.3 Å². The predicted octanol–water partition coefficient (Wildman–Crippen LogP) is 3.37. The van der Waals surface area contributed by atoms with Gasteiger partial charge in [-0.25, -0.2) is 0 Å². The molecule has 0 saturated heterocycles. The Bertz CT molecular complexity index is 373. The SMILES string of the molecule is CC(C)NC(C)C.Cc1ccc([B]N(C(C)C)C(C)C)cc1.[B]. The monoisotopic (exact) mass is 314 g/mol. The number of aryl methyl sites for hydroxylation is 1. The fourth-order valence-electron chi connectivity index (χ4n) is 2.39. The van der Waals surface area contributed by atoms with E-state index in [4.69, 9.17) is 0 Å². The molecule has 0 saturated carbocycles. The van der Waals surface area contributed by atoms with E-state index in [9.17, 15) is 0 Å². The van der Waals surface area contributed by atoms with Gasteiger partial charge in [-0.05, 0) is 19.0 Å². The van der Waals surface area contributed by atoms with E-state index in [1.165, 1.54) is 11.0 Å². The Balaban J connectivity index is 0. The Kier molecular flexibility index (Phi) is 13.5. The number of benzene rings is 1. The van der Waals surface area contributed by atoms with E-state index < -0.39 is 0 Å². The Morgan fingerprint density at radius 2 is 1.17 bits per heavy atom. The van der Waals surface area contributed by atoms with Crippen molar-refractivity contribution in [2.24, 2.45) is 0 Å². The van der Waals surface area contributed by atoms with E-state index >= 15 is 0 Å². The minimum Gasteiger partial charge on any atom is -0.338 e. The van der Waals surface area contributed by atoms with E-state index in [-0.39, 0.29) is 8.41 Å². The van der Waals surface area contributed by atoms with Gasteiger partial charge in [-0.1, -0.05) is 90.7 Å². The molecule has 128 valence electrons. The van der Waals surface area contributed by atoms with Gasteiger partial charge in [-0.2, -0.15) is 0 Å². The molecule has 0 spiro atoms. The quantitative estimate of drug-likeness (QED) is 0.810. The Hall–Kier alpha value is -0.730. The van der Waals surface area contributed by atoms with E-state index in [1.807, 2.05) is 0 Å². The van der Waals surface area contributed by atoms with Crippen molar-refractivity contribution >= 4 is 21.3 Å². The fraction of sp³-hybridized carbons (Fsp3) is 0.684. The zero-order valence-corrected chi connectivity index (χ0v) is 16.7. The third-order valence-corrected chi connectivity index (χ3v) is 3.23. The van der Waals surface area contributed by atoms with Crippen molar-refractivity contribution in [2.75, 3.05) is 0 Å². The molecule has 0 aromatic heterocycles. The van der Waals surface area contributed by atoms with Crippen molar-refractivity contribution in [1.82, 2.24) is 10.1 Å². The summed E-state index contributed by atoms with van der Waals surface area (Å²) >= 11 is 0. The Morgan fingerprint density at radius 1 is 0.783 bits per heavy atom. The van der Waals surface area contributed by atoms with E-state index in [2.05, 4.69) is 104 Å². The van der Waals surface area contributed by atoms with Crippen LogP contribution in [0.15, 0.2) is 24.3 Å². The average Bonchev–Trinajstić information content (AvgIpc) is 2.36. The van der Waals surface area contributed by atoms with Gasteiger partial charge in [0.15, 0.2) is 0 Å². The molecule has 0 atom stereocenters. The maximum absolute atomic E-state index is 3.31. The van der Waals surface area contributed by atoms with Gasteiger partial charge in [-0.15, -0.1) is 0 Å². The number of hydrogen-bond acceptors (Lipinski definition) is 2. The second-order valence-corrected chi connectivity index (χ2v) is 7.15. The summed E-state index contributed by atoms with van der Waals surface area (Å²) in [6, 6.07) is 11.0. The number of rotatable bonds is 6. The largest absolute Gasteiger partial charge is 0.338 e. The standard InChI is InChI=1S/C13H21BN.C6H15N.B/c1-10(2)15(11(3)4)14-13-8-6-12(5)7-9-13;1-5(2)7-6(3)4;/h6-11H,1-5H3;5-7H,1-4H3;. The van der Waals surface area contributed by atoms with Gasteiger partial charge in [0, 0.05) is 20.5 Å². The van der Waals surface area contributed by atoms with E-state index in [1.54, 1.807) is 0 Å². The molecule has 1 N–H and O–H groups in total. The fourth-order valence-corrected chi connectivity index (χ4v) is 2.39. The smallest absolute Gasteiger partial charge is 0.248 e. The lowest BCUT2D eigenvalue weighted by atomic mass is 9.78. The summed E-state index contributed by atoms with van der Waals surface area (Å²) in [6.45, 7) is 19.6. The third-order valence-electron chi connectivity index (χ3n) is 3.23. The van der Waals surface area contributed by atoms with Gasteiger partial charge >= 0.3 is 0 Å². The van der Waals surface area contributed by atoms with Gasteiger partial charge in [0.25, 0.3) is 0 Å². The Labute approximate surface area is 148 Å². The highest BCUT2D eigenvalue weighted by molar-refractivity contribution is 6.50. The van der Waals surface area contributed by atoms with Gasteiger partial charge in [0.05, 0.1) is 0 Å². The molecule has 0 heterocycles. The molecule has 0 unspecified atom stereocenters. The highest BCUT2D eigenvalue weighted by atomic mass is 15.1. The summed E-state index contributed by atoms with van der Waals surface area (Å²) in [5.74, 6) is 0. The van der Waals surface area contributed by atoms with Crippen molar-refractivity contribution in [3.63, 3.8) is 0 Å². The molecule has 1 rings (SSSR count). The second-order valence-electron chi connectivity index (χ2n) is 7.15. The summed E-state index contributed by atoms with van der Waals surface area (Å²) in [4.78, 5) is 2.38. The van der Waals surface area contributed by atoms with Crippen LogP contribution >= 0.6 is 0 Å². The van der Waals surface area contributed by atoms with Crippen LogP contribution in [0, 0.1) is 6.92 Å². The average molecular weight is 314 g/mol. The first-order valence-electron chi connectivity index (χ1n) is 8.58. The molecular weight excluding hydrogens is 278 g/mol. The molecule has 0 amide bonds. The van der Waals surface area contributed by atoms with Gasteiger partial charge in [0.2, 0.25) is 7.41 Å². The van der Waals surface area contributed by atoms with Crippen LogP contribution in [-0.2, 0) is 0 Å². The second kappa shape index (κ2) is 12.7. The predicted molar refractivity (Wildman–Crippen MR) is 108 cm³/mol. The van der Waals surface area contributed by atoms with Crippen molar-refractivity contribution in [2.45, 2.75) is 86.5 Å². The van der Waals surface area contributed by atoms with Crippen LogP contribution in [0.5, 0.6) is 0 Å². The van der Waals surface area contributed by atoms with Crippen LogP contribution in [0.4, 0.5) is 0 Å². The van der Waals surface area contributed by atoms with Gasteiger partial charge < -0.3 is 10.1 Å². The zero-order chi connectivity index (χ0) is 17.3. The summed E-state index contributed by atoms with van der Waals surface area (Å²) in [5, 5.41) is 3.31. The van der Waals surface area contributed by atoms with Crippen molar-refractivity contribution in [3.8, 4) is 0 Å². The summed E-state index contributed by atoms with van der Waals surface area (Å²) in [6.07, 6.45) is 0. The molecule has 4 radical (unpaired) electrons. The molecule has 1 aromatic rings. The molecule has 0 fully saturated rings. The molecule has 0 aliphatic rings. The molecule has 4 heteroatoms. The van der Waals surface area contributed by atoms with Crippen LogP contribution in [0.1, 0.15) is 61.0 Å². The van der Waals surface area contributed by atoms with Crippen LogP contribution in [-0.4, -0.2) is 44.8 Å². The first kappa shape index (κ1) is 24.5. The first-order chi connectivity index (χ1) is 10.1. The van der Waals surface area contributed by atoms with Crippen LogP contribution in [0.2, 0.25) is 0 Å². The maximum Gasteiger partial charge on any atom is 0.248 e. The Morgan fingerprint density at radius 3 is 1.43 bits per heavy atom. The molecule has 2 nitrogen and oxygen atoms in total. The molecule has 0 bridgehead atoms. The van der Waals surface area contributed by atoms with Crippen molar-refractivity contribution in [3.05, 3.63) is 29.8 Å². The lowest BCUT2D eigenvalue weighted by Crippen LogP contribution is -2.45. The third kappa shape index (κ3) is 12.4. The molecule has 23 heavy (non-hydrogen) atoms. The lowest BCUT2D eigenvalue weighted by molar-refractivity contribution is 0.315. The lowest BCUT2D eigenvalue weighted by Gasteiger charge is -2.30. The molecular formula is C19H36B2N2. The minimum atomic E-state index is 0.